The third kappa shape index (κ3) is 2.06. The van der Waals surface area contributed by atoms with Crippen molar-refractivity contribution in [3.63, 3.8) is 0 Å². The average Bonchev–Trinajstić information content (AvgIpc) is 2.56. The first-order chi connectivity index (χ1) is 6.75. The van der Waals surface area contributed by atoms with Gasteiger partial charge in [0.2, 0.25) is 0 Å². The lowest BCUT2D eigenvalue weighted by atomic mass is 10.1. The molecule has 3 nitrogen and oxygen atoms in total. The molecule has 0 aliphatic rings. The summed E-state index contributed by atoms with van der Waals surface area (Å²) in [5, 5.41) is 0. The smallest absolute Gasteiger partial charge is 0.104 e. The molecule has 2 rings (SSSR count). The van der Waals surface area contributed by atoms with Crippen LogP contribution in [0.3, 0.4) is 0 Å². The van der Waals surface area contributed by atoms with Crippen molar-refractivity contribution in [2.75, 3.05) is 5.73 Å². The third-order valence-electron chi connectivity index (χ3n) is 2.03. The van der Waals surface area contributed by atoms with Crippen molar-refractivity contribution < 1.29 is 0 Å². The fourth-order valence-corrected chi connectivity index (χ4v) is 1.77. The van der Waals surface area contributed by atoms with Crippen LogP contribution in [0.2, 0.25) is 0 Å². The quantitative estimate of drug-likeness (QED) is 0.683. The van der Waals surface area contributed by atoms with Crippen LogP contribution in [0.5, 0.6) is 0 Å². The second-order valence-electron chi connectivity index (χ2n) is 3.08. The number of para-hydroxylation sites is 1. The average molecular weight is 299 g/mol. The van der Waals surface area contributed by atoms with Crippen LogP contribution in [0.4, 0.5) is 5.69 Å². The molecule has 0 bridgehead atoms. The summed E-state index contributed by atoms with van der Waals surface area (Å²) in [5.41, 5.74) is 8.83. The minimum absolute atomic E-state index is 0.794. The number of aromatic nitrogens is 2. The van der Waals surface area contributed by atoms with Gasteiger partial charge >= 0.3 is 0 Å². The molecule has 72 valence electrons. The van der Waals surface area contributed by atoms with Crippen LogP contribution in [0.25, 0.3) is 0 Å². The molecule has 1 aromatic carbocycles. The lowest BCUT2D eigenvalue weighted by Crippen LogP contribution is -1.95. The second kappa shape index (κ2) is 4.00. The molecule has 0 aliphatic heterocycles. The van der Waals surface area contributed by atoms with E-state index in [0.29, 0.717) is 0 Å². The molecule has 0 unspecified atom stereocenters. The highest BCUT2D eigenvalue weighted by molar-refractivity contribution is 14.1. The molecule has 0 radical (unpaired) electrons. The Balaban J connectivity index is 2.23. The lowest BCUT2D eigenvalue weighted by molar-refractivity contribution is 1.11. The summed E-state index contributed by atoms with van der Waals surface area (Å²) in [4.78, 5) is 4.25. The van der Waals surface area contributed by atoms with Crippen molar-refractivity contribution in [3.05, 3.63) is 48.0 Å². The molecule has 1 aromatic heterocycles. The van der Waals surface area contributed by atoms with Crippen molar-refractivity contribution in [2.24, 2.45) is 0 Å². The van der Waals surface area contributed by atoms with Gasteiger partial charge in [0.05, 0.1) is 28.6 Å². The number of benzene rings is 1. The standard InChI is InChI=1S/C10H10IN3/c11-14-6-9(13-7-14)5-8-3-1-2-4-10(8)12/h1-4,6-7H,5,12H2. The predicted molar refractivity (Wildman–Crippen MR) is 65.3 cm³/mol. The maximum Gasteiger partial charge on any atom is 0.104 e. The van der Waals surface area contributed by atoms with Crippen molar-refractivity contribution in [2.45, 2.75) is 6.42 Å². The zero-order chi connectivity index (χ0) is 9.97. The van der Waals surface area contributed by atoms with E-state index in [-0.39, 0.29) is 0 Å². The SMILES string of the molecule is Nc1ccccc1Cc1cn(I)cn1. The summed E-state index contributed by atoms with van der Waals surface area (Å²) in [6, 6.07) is 7.88. The van der Waals surface area contributed by atoms with E-state index in [9.17, 15) is 0 Å². The summed E-state index contributed by atoms with van der Waals surface area (Å²) >= 11 is 2.17. The Hall–Kier alpha value is -1.04. The fourth-order valence-electron chi connectivity index (χ4n) is 1.32. The molecule has 14 heavy (non-hydrogen) atoms. The number of nitrogens with two attached hydrogens (primary N) is 1. The van der Waals surface area contributed by atoms with Crippen LogP contribution in [0.15, 0.2) is 36.8 Å². The summed E-state index contributed by atoms with van der Waals surface area (Å²) in [5.74, 6) is 0. The fraction of sp³-hybridized carbons (Fsp3) is 0.100. The molecule has 0 saturated heterocycles. The molecule has 1 heterocycles. The number of rotatable bonds is 2. The maximum absolute atomic E-state index is 5.84. The van der Waals surface area contributed by atoms with Gasteiger partial charge in [0, 0.05) is 18.3 Å². The van der Waals surface area contributed by atoms with E-state index < -0.39 is 0 Å². The number of halogens is 1. The largest absolute Gasteiger partial charge is 0.398 e. The van der Waals surface area contributed by atoms with Crippen LogP contribution in [0, 0.1) is 0 Å². The van der Waals surface area contributed by atoms with Gasteiger partial charge in [0.1, 0.15) is 6.33 Å². The molecule has 0 saturated carbocycles. The Morgan fingerprint density at radius 1 is 1.36 bits per heavy atom. The van der Waals surface area contributed by atoms with Crippen molar-refractivity contribution >= 4 is 28.6 Å². The Morgan fingerprint density at radius 3 is 2.79 bits per heavy atom. The Bertz CT molecular complexity index is 436. The normalized spacial score (nSPS) is 10.4. The topological polar surface area (TPSA) is 43.8 Å². The van der Waals surface area contributed by atoms with Gasteiger partial charge in [-0.25, -0.2) is 4.98 Å². The summed E-state index contributed by atoms with van der Waals surface area (Å²) in [7, 11) is 0. The zero-order valence-corrected chi connectivity index (χ0v) is 9.68. The third-order valence-corrected chi connectivity index (χ3v) is 2.56. The number of hydrogen-bond donors (Lipinski definition) is 1. The van der Waals surface area contributed by atoms with Gasteiger partial charge in [-0.1, -0.05) is 18.2 Å². The molecule has 0 atom stereocenters. The molecule has 4 heteroatoms. The lowest BCUT2D eigenvalue weighted by Gasteiger charge is -2.01. The van der Waals surface area contributed by atoms with E-state index in [2.05, 4.69) is 27.8 Å². The van der Waals surface area contributed by atoms with Crippen LogP contribution < -0.4 is 5.73 Å². The first kappa shape index (κ1) is 9.51. The van der Waals surface area contributed by atoms with Crippen molar-refractivity contribution in [3.8, 4) is 0 Å². The van der Waals surface area contributed by atoms with Gasteiger partial charge in [-0.15, -0.1) is 0 Å². The van der Waals surface area contributed by atoms with Crippen molar-refractivity contribution in [1.29, 1.82) is 0 Å². The minimum atomic E-state index is 0.794. The van der Waals surface area contributed by atoms with Gasteiger partial charge in [-0.2, -0.15) is 0 Å². The van der Waals surface area contributed by atoms with E-state index in [1.807, 2.05) is 33.2 Å². The van der Waals surface area contributed by atoms with Crippen LogP contribution >= 0.6 is 22.9 Å². The number of imidazole rings is 1. The predicted octanol–water partition coefficient (Wildman–Crippen LogP) is 2.25. The molecule has 2 aromatic rings. The van der Waals surface area contributed by atoms with Gasteiger partial charge in [-0.05, 0) is 11.6 Å². The van der Waals surface area contributed by atoms with E-state index >= 15 is 0 Å². The summed E-state index contributed by atoms with van der Waals surface area (Å²) in [6.45, 7) is 0. The van der Waals surface area contributed by atoms with Gasteiger partial charge in [0.25, 0.3) is 0 Å². The highest BCUT2D eigenvalue weighted by Gasteiger charge is 2.01. The second-order valence-corrected chi connectivity index (χ2v) is 4.20. The van der Waals surface area contributed by atoms with E-state index in [0.717, 1.165) is 23.4 Å². The molecule has 2 N–H and O–H groups in total. The van der Waals surface area contributed by atoms with Crippen LogP contribution in [0.1, 0.15) is 11.3 Å². The van der Waals surface area contributed by atoms with Crippen LogP contribution in [-0.4, -0.2) is 7.76 Å². The monoisotopic (exact) mass is 299 g/mol. The minimum Gasteiger partial charge on any atom is -0.398 e. The Morgan fingerprint density at radius 2 is 2.14 bits per heavy atom. The highest BCUT2D eigenvalue weighted by atomic mass is 127. The van der Waals surface area contributed by atoms with E-state index in [1.54, 1.807) is 6.33 Å². The van der Waals surface area contributed by atoms with Gasteiger partial charge in [0.15, 0.2) is 0 Å². The van der Waals surface area contributed by atoms with Crippen LogP contribution in [-0.2, 0) is 6.42 Å². The molecular weight excluding hydrogens is 289 g/mol. The molecule has 0 spiro atoms. The maximum atomic E-state index is 5.84. The van der Waals surface area contributed by atoms with Gasteiger partial charge < -0.3 is 5.73 Å². The molecule has 0 fully saturated rings. The molecule has 0 amide bonds. The number of nitrogens with zero attached hydrogens (tertiary/aromatic N) is 2. The van der Waals surface area contributed by atoms with E-state index in [1.165, 1.54) is 0 Å². The number of anilines is 1. The number of nitrogen functional groups attached to an aromatic ring is 1. The molecular formula is C10H10IN3. The summed E-state index contributed by atoms with van der Waals surface area (Å²) < 4.78 is 1.91. The van der Waals surface area contributed by atoms with Gasteiger partial charge in [-0.3, -0.25) is 2.78 Å². The van der Waals surface area contributed by atoms with E-state index in [4.69, 9.17) is 5.73 Å². The Kier molecular flexibility index (Phi) is 2.72. The first-order valence-corrected chi connectivity index (χ1v) is 5.24. The van der Waals surface area contributed by atoms with Crippen molar-refractivity contribution in [1.82, 2.24) is 7.76 Å². The zero-order valence-electron chi connectivity index (χ0n) is 7.52. The molecule has 0 aliphatic carbocycles. The Labute approximate surface area is 96.5 Å². The highest BCUT2D eigenvalue weighted by Crippen LogP contribution is 2.15. The number of hydrogen-bond acceptors (Lipinski definition) is 2. The first-order valence-electron chi connectivity index (χ1n) is 4.28. The summed E-state index contributed by atoms with van der Waals surface area (Å²) in [6.07, 6.45) is 4.57.